The third kappa shape index (κ3) is 5.06. The zero-order chi connectivity index (χ0) is 22.7. The Bertz CT molecular complexity index is 991. The number of hydrogen-bond acceptors (Lipinski definition) is 6. The molecule has 0 spiro atoms. The summed E-state index contributed by atoms with van der Waals surface area (Å²) < 4.78 is 38.7. The molecule has 2 aromatic rings. The number of nitrogens with one attached hydrogen (secondary N) is 1. The highest BCUT2D eigenvalue weighted by Gasteiger charge is 2.32. The molecule has 1 amide bonds. The molecule has 0 saturated carbocycles. The van der Waals surface area contributed by atoms with E-state index in [0.717, 1.165) is 31.7 Å². The number of furan rings is 1. The first kappa shape index (κ1) is 23.0. The van der Waals surface area contributed by atoms with E-state index in [2.05, 4.69) is 10.2 Å². The van der Waals surface area contributed by atoms with Gasteiger partial charge in [0.1, 0.15) is 5.76 Å². The number of nitrogens with zero attached hydrogens (tertiary/aromatic N) is 2. The average molecular weight is 462 g/mol. The third-order valence-electron chi connectivity index (χ3n) is 6.05. The van der Waals surface area contributed by atoms with Crippen LogP contribution in [0, 0.1) is 0 Å². The van der Waals surface area contributed by atoms with Crippen molar-refractivity contribution in [1.29, 1.82) is 0 Å². The van der Waals surface area contributed by atoms with Crippen LogP contribution in [0.2, 0.25) is 0 Å². The standard InChI is InChI=1S/C23H31N3O5S/c1-17-15-26(16-18(2)31-17)32(28,29)20-9-7-19(8-10-20)23(27)24-14-21(22-6-5-13-30-22)25-11-3-4-12-25/h5-10,13,17-18,21H,3-4,11-12,14-16H2,1-2H3,(H,24,27)/t17-,18+,21-/m1/s1. The van der Waals surface area contributed by atoms with Gasteiger partial charge in [0.25, 0.3) is 5.91 Å². The molecule has 3 atom stereocenters. The molecule has 1 aromatic carbocycles. The van der Waals surface area contributed by atoms with Crippen LogP contribution in [0.25, 0.3) is 0 Å². The van der Waals surface area contributed by atoms with Crippen molar-refractivity contribution < 1.29 is 22.4 Å². The maximum atomic E-state index is 13.0. The molecular formula is C23H31N3O5S. The van der Waals surface area contributed by atoms with E-state index in [4.69, 9.17) is 9.15 Å². The monoisotopic (exact) mass is 461 g/mol. The molecule has 0 aliphatic carbocycles. The Morgan fingerprint density at radius 2 is 1.75 bits per heavy atom. The van der Waals surface area contributed by atoms with Gasteiger partial charge in [-0.1, -0.05) is 0 Å². The third-order valence-corrected chi connectivity index (χ3v) is 7.90. The van der Waals surface area contributed by atoms with Gasteiger partial charge in [-0.3, -0.25) is 9.69 Å². The average Bonchev–Trinajstić information content (AvgIpc) is 3.48. The second kappa shape index (κ2) is 9.74. The summed E-state index contributed by atoms with van der Waals surface area (Å²) in [6.07, 6.45) is 3.62. The van der Waals surface area contributed by atoms with E-state index < -0.39 is 10.0 Å². The van der Waals surface area contributed by atoms with Gasteiger partial charge in [0, 0.05) is 25.2 Å². The number of carbonyl (C=O) groups is 1. The zero-order valence-electron chi connectivity index (χ0n) is 18.6. The molecule has 2 aliphatic heterocycles. The van der Waals surface area contributed by atoms with E-state index in [0.29, 0.717) is 25.2 Å². The normalized spacial score (nSPS) is 23.8. The van der Waals surface area contributed by atoms with E-state index >= 15 is 0 Å². The fraction of sp³-hybridized carbons (Fsp3) is 0.522. The highest BCUT2D eigenvalue weighted by Crippen LogP contribution is 2.25. The molecule has 4 rings (SSSR count). The van der Waals surface area contributed by atoms with E-state index in [1.807, 2.05) is 26.0 Å². The molecule has 2 saturated heterocycles. The summed E-state index contributed by atoms with van der Waals surface area (Å²) in [7, 11) is -3.63. The van der Waals surface area contributed by atoms with Crippen molar-refractivity contribution in [3.05, 3.63) is 54.0 Å². The largest absolute Gasteiger partial charge is 0.468 e. The highest BCUT2D eigenvalue weighted by molar-refractivity contribution is 7.89. The maximum absolute atomic E-state index is 13.0. The lowest BCUT2D eigenvalue weighted by molar-refractivity contribution is -0.0440. The van der Waals surface area contributed by atoms with Gasteiger partial charge in [0.05, 0.1) is 29.4 Å². The van der Waals surface area contributed by atoms with Gasteiger partial charge in [-0.2, -0.15) is 4.31 Å². The number of likely N-dealkylation sites (tertiary alicyclic amines) is 1. The smallest absolute Gasteiger partial charge is 0.251 e. The summed E-state index contributed by atoms with van der Waals surface area (Å²) in [6, 6.07) is 9.90. The van der Waals surface area contributed by atoms with Crippen LogP contribution in [-0.4, -0.2) is 68.5 Å². The van der Waals surface area contributed by atoms with Gasteiger partial charge in [0.2, 0.25) is 10.0 Å². The number of amides is 1. The summed E-state index contributed by atoms with van der Waals surface area (Å²) in [6.45, 7) is 6.75. The van der Waals surface area contributed by atoms with Crippen LogP contribution in [0.5, 0.6) is 0 Å². The number of rotatable bonds is 7. The van der Waals surface area contributed by atoms with Crippen LogP contribution >= 0.6 is 0 Å². The minimum atomic E-state index is -3.63. The lowest BCUT2D eigenvalue weighted by Crippen LogP contribution is -2.48. The first-order valence-corrected chi connectivity index (χ1v) is 12.6. The van der Waals surface area contributed by atoms with E-state index in [1.165, 1.54) is 16.4 Å². The molecule has 1 aromatic heterocycles. The minimum absolute atomic E-state index is 0.0126. The topological polar surface area (TPSA) is 92.1 Å². The van der Waals surface area contributed by atoms with Crippen LogP contribution in [0.4, 0.5) is 0 Å². The number of morpholine rings is 1. The number of benzene rings is 1. The summed E-state index contributed by atoms with van der Waals surface area (Å²) in [5, 5.41) is 2.98. The van der Waals surface area contributed by atoms with E-state index in [-0.39, 0.29) is 29.1 Å². The fourth-order valence-electron chi connectivity index (χ4n) is 4.49. The van der Waals surface area contributed by atoms with Gasteiger partial charge >= 0.3 is 0 Å². The molecule has 0 bridgehead atoms. The van der Waals surface area contributed by atoms with Crippen LogP contribution < -0.4 is 5.32 Å². The van der Waals surface area contributed by atoms with Crippen LogP contribution in [0.1, 0.15) is 48.8 Å². The molecule has 0 radical (unpaired) electrons. The van der Waals surface area contributed by atoms with Crippen molar-refractivity contribution in [1.82, 2.24) is 14.5 Å². The molecule has 9 heteroatoms. The molecule has 2 fully saturated rings. The summed E-state index contributed by atoms with van der Waals surface area (Å²) >= 11 is 0. The van der Waals surface area contributed by atoms with Crippen molar-refractivity contribution >= 4 is 15.9 Å². The van der Waals surface area contributed by atoms with Crippen LogP contribution in [0.15, 0.2) is 52.0 Å². The van der Waals surface area contributed by atoms with Gasteiger partial charge in [0.15, 0.2) is 0 Å². The number of sulfonamides is 1. The quantitative estimate of drug-likeness (QED) is 0.682. The fourth-order valence-corrected chi connectivity index (χ4v) is 6.08. The SMILES string of the molecule is C[C@@H]1CN(S(=O)(=O)c2ccc(C(=O)NC[C@H](c3ccco3)N3CCCC3)cc2)C[C@H](C)O1. The maximum Gasteiger partial charge on any atom is 0.251 e. The number of hydrogen-bond donors (Lipinski definition) is 1. The van der Waals surface area contributed by atoms with Crippen molar-refractivity contribution in [2.75, 3.05) is 32.7 Å². The molecule has 3 heterocycles. The Balaban J connectivity index is 1.41. The number of ether oxygens (including phenoxy) is 1. The van der Waals surface area contributed by atoms with Gasteiger partial charge in [-0.25, -0.2) is 8.42 Å². The first-order chi connectivity index (χ1) is 15.3. The zero-order valence-corrected chi connectivity index (χ0v) is 19.4. The highest BCUT2D eigenvalue weighted by atomic mass is 32.2. The number of carbonyl (C=O) groups excluding carboxylic acids is 1. The molecule has 0 unspecified atom stereocenters. The predicted octanol–water partition coefficient (Wildman–Crippen LogP) is 2.64. The second-order valence-corrected chi connectivity index (χ2v) is 10.5. The van der Waals surface area contributed by atoms with E-state index in [1.54, 1.807) is 18.4 Å². The van der Waals surface area contributed by atoms with Gasteiger partial charge in [-0.15, -0.1) is 0 Å². The van der Waals surface area contributed by atoms with Crippen molar-refractivity contribution in [3.63, 3.8) is 0 Å². The summed E-state index contributed by atoms with van der Waals surface area (Å²) in [5.41, 5.74) is 0.423. The van der Waals surface area contributed by atoms with Crippen molar-refractivity contribution in [3.8, 4) is 0 Å². The van der Waals surface area contributed by atoms with Crippen molar-refractivity contribution in [2.45, 2.75) is 49.8 Å². The molecule has 2 aliphatic rings. The minimum Gasteiger partial charge on any atom is -0.468 e. The van der Waals surface area contributed by atoms with E-state index in [9.17, 15) is 13.2 Å². The molecule has 1 N–H and O–H groups in total. The lowest BCUT2D eigenvalue weighted by atomic mass is 10.1. The Labute approximate surface area is 189 Å². The summed E-state index contributed by atoms with van der Waals surface area (Å²) in [4.78, 5) is 15.2. The first-order valence-electron chi connectivity index (χ1n) is 11.2. The van der Waals surface area contributed by atoms with Gasteiger partial charge < -0.3 is 14.5 Å². The Kier molecular flexibility index (Phi) is 6.99. The predicted molar refractivity (Wildman–Crippen MR) is 120 cm³/mol. The Morgan fingerprint density at radius 1 is 1.09 bits per heavy atom. The molecule has 8 nitrogen and oxygen atoms in total. The molecule has 32 heavy (non-hydrogen) atoms. The van der Waals surface area contributed by atoms with Gasteiger partial charge in [-0.05, 0) is 76.2 Å². The Hall–Kier alpha value is -2.20. The van der Waals surface area contributed by atoms with Crippen molar-refractivity contribution in [2.24, 2.45) is 0 Å². The molecule has 174 valence electrons. The van der Waals surface area contributed by atoms with Crippen LogP contribution in [-0.2, 0) is 14.8 Å². The molecular weight excluding hydrogens is 430 g/mol. The lowest BCUT2D eigenvalue weighted by Gasteiger charge is -2.34. The second-order valence-electron chi connectivity index (χ2n) is 8.59. The summed E-state index contributed by atoms with van der Waals surface area (Å²) in [5.74, 6) is 0.598. The Morgan fingerprint density at radius 3 is 2.34 bits per heavy atom. The van der Waals surface area contributed by atoms with Crippen LogP contribution in [0.3, 0.4) is 0 Å².